The fourth-order valence-corrected chi connectivity index (χ4v) is 3.25. The highest BCUT2D eigenvalue weighted by Crippen LogP contribution is 2.24. The number of aromatic nitrogens is 3. The molecule has 1 aromatic carbocycles. The van der Waals surface area contributed by atoms with E-state index in [1.165, 1.54) is 17.4 Å². The van der Waals surface area contributed by atoms with Crippen LogP contribution in [0.15, 0.2) is 41.3 Å². The summed E-state index contributed by atoms with van der Waals surface area (Å²) in [5, 5.41) is 3.67. The maximum Gasteiger partial charge on any atom is 0.272 e. The first kappa shape index (κ1) is 14.5. The Morgan fingerprint density at radius 1 is 1.17 bits per heavy atom. The van der Waals surface area contributed by atoms with Gasteiger partial charge in [-0.3, -0.25) is 14.8 Å². The molecule has 1 aliphatic heterocycles. The summed E-state index contributed by atoms with van der Waals surface area (Å²) in [4.78, 5) is 19.4. The minimum Gasteiger partial charge on any atom is -0.298 e. The lowest BCUT2D eigenvalue weighted by atomic mass is 10.1. The lowest BCUT2D eigenvalue weighted by Crippen LogP contribution is -2.22. The van der Waals surface area contributed by atoms with Gasteiger partial charge in [0, 0.05) is 29.4 Å². The molecular weight excluding hydrogens is 312 g/mol. The van der Waals surface area contributed by atoms with Crippen molar-refractivity contribution in [3.63, 3.8) is 0 Å². The van der Waals surface area contributed by atoms with Crippen molar-refractivity contribution >= 4 is 17.2 Å². The zero-order valence-corrected chi connectivity index (χ0v) is 13.4. The highest BCUT2D eigenvalue weighted by atomic mass is 35.5. The van der Waals surface area contributed by atoms with Gasteiger partial charge in [-0.25, -0.2) is 9.50 Å². The first-order valence-corrected chi connectivity index (χ1v) is 8.17. The first-order chi connectivity index (χ1) is 11.2. The number of benzene rings is 1. The van der Waals surface area contributed by atoms with Crippen LogP contribution in [0, 0.1) is 0 Å². The van der Waals surface area contributed by atoms with Gasteiger partial charge in [-0.05, 0) is 43.6 Å². The Morgan fingerprint density at radius 3 is 2.65 bits per heavy atom. The van der Waals surface area contributed by atoms with Crippen molar-refractivity contribution in [3.8, 4) is 11.1 Å². The van der Waals surface area contributed by atoms with E-state index in [4.69, 9.17) is 16.6 Å². The molecule has 0 atom stereocenters. The third kappa shape index (κ3) is 2.78. The van der Waals surface area contributed by atoms with Gasteiger partial charge >= 0.3 is 0 Å². The molecule has 1 saturated heterocycles. The van der Waals surface area contributed by atoms with E-state index in [9.17, 15) is 4.79 Å². The molecule has 0 aliphatic carbocycles. The molecule has 0 spiro atoms. The van der Waals surface area contributed by atoms with Gasteiger partial charge < -0.3 is 0 Å². The standard InChI is InChI=1S/C17H17ClN4O/c18-13-5-3-12(4-6-13)15-10-19-22-16(23)9-14(20-17(15)22)11-21-7-1-2-8-21/h3-6,9-10,19H,1-2,7-8,11H2. The largest absolute Gasteiger partial charge is 0.298 e. The molecule has 0 amide bonds. The molecule has 4 rings (SSSR count). The maximum absolute atomic E-state index is 12.3. The van der Waals surface area contributed by atoms with Crippen LogP contribution in [0.2, 0.25) is 5.02 Å². The molecule has 0 unspecified atom stereocenters. The van der Waals surface area contributed by atoms with Crippen LogP contribution in [-0.2, 0) is 6.54 Å². The molecule has 1 aliphatic rings. The van der Waals surface area contributed by atoms with Crippen molar-refractivity contribution in [3.05, 3.63) is 57.6 Å². The van der Waals surface area contributed by atoms with Gasteiger partial charge in [0.05, 0.1) is 5.69 Å². The smallest absolute Gasteiger partial charge is 0.272 e. The summed E-state index contributed by atoms with van der Waals surface area (Å²) in [7, 11) is 0. The number of hydrogen-bond acceptors (Lipinski definition) is 3. The molecule has 3 heterocycles. The zero-order chi connectivity index (χ0) is 15.8. The molecule has 0 bridgehead atoms. The SMILES string of the molecule is O=c1cc(CN2CCCC2)nc2c(-c3ccc(Cl)cc3)c[nH]n12. The van der Waals surface area contributed by atoms with Gasteiger partial charge in [0.1, 0.15) is 0 Å². The Balaban J connectivity index is 1.78. The Bertz CT molecular complexity index is 891. The average Bonchev–Trinajstić information content (AvgIpc) is 3.18. The van der Waals surface area contributed by atoms with Gasteiger partial charge in [0.15, 0.2) is 5.65 Å². The quantitative estimate of drug-likeness (QED) is 0.804. The third-order valence-corrected chi connectivity index (χ3v) is 4.54. The van der Waals surface area contributed by atoms with E-state index in [0.29, 0.717) is 10.7 Å². The van der Waals surface area contributed by atoms with Crippen LogP contribution >= 0.6 is 11.6 Å². The van der Waals surface area contributed by atoms with Crippen LogP contribution in [0.1, 0.15) is 18.5 Å². The second-order valence-electron chi connectivity index (χ2n) is 5.92. The number of nitrogens with zero attached hydrogens (tertiary/aromatic N) is 3. The van der Waals surface area contributed by atoms with Crippen LogP contribution in [0.4, 0.5) is 0 Å². The molecule has 118 valence electrons. The lowest BCUT2D eigenvalue weighted by Gasteiger charge is -2.13. The Morgan fingerprint density at radius 2 is 1.91 bits per heavy atom. The van der Waals surface area contributed by atoms with Gasteiger partial charge in [0.25, 0.3) is 5.56 Å². The van der Waals surface area contributed by atoms with E-state index in [0.717, 1.165) is 36.5 Å². The molecule has 3 aromatic rings. The number of aromatic amines is 1. The van der Waals surface area contributed by atoms with Crippen LogP contribution in [0.25, 0.3) is 16.8 Å². The fourth-order valence-electron chi connectivity index (χ4n) is 3.12. The van der Waals surface area contributed by atoms with Gasteiger partial charge in [-0.15, -0.1) is 0 Å². The highest BCUT2D eigenvalue weighted by Gasteiger charge is 2.15. The van der Waals surface area contributed by atoms with Crippen LogP contribution < -0.4 is 5.56 Å². The second kappa shape index (κ2) is 5.83. The van der Waals surface area contributed by atoms with E-state index >= 15 is 0 Å². The van der Waals surface area contributed by atoms with Crippen molar-refractivity contribution in [2.45, 2.75) is 19.4 Å². The minimum absolute atomic E-state index is 0.0792. The molecule has 2 aromatic heterocycles. The summed E-state index contributed by atoms with van der Waals surface area (Å²) in [6, 6.07) is 9.17. The Kier molecular flexibility index (Phi) is 3.67. The summed E-state index contributed by atoms with van der Waals surface area (Å²) in [5.41, 5.74) is 3.30. The number of nitrogens with one attached hydrogen (secondary N) is 1. The third-order valence-electron chi connectivity index (χ3n) is 4.29. The molecule has 1 fully saturated rings. The number of fused-ring (bicyclic) bond motifs is 1. The van der Waals surface area contributed by atoms with E-state index in [1.54, 1.807) is 6.07 Å². The molecule has 6 heteroatoms. The number of likely N-dealkylation sites (tertiary alicyclic amines) is 1. The predicted molar refractivity (Wildman–Crippen MR) is 90.8 cm³/mol. The van der Waals surface area contributed by atoms with Crippen LogP contribution in [-0.4, -0.2) is 32.6 Å². The zero-order valence-electron chi connectivity index (χ0n) is 12.6. The predicted octanol–water partition coefficient (Wildman–Crippen LogP) is 2.94. The van der Waals surface area contributed by atoms with E-state index in [2.05, 4.69) is 10.00 Å². The van der Waals surface area contributed by atoms with Gasteiger partial charge in [0.2, 0.25) is 0 Å². The summed E-state index contributed by atoms with van der Waals surface area (Å²) < 4.78 is 1.48. The fraction of sp³-hybridized carbons (Fsp3) is 0.294. The molecule has 23 heavy (non-hydrogen) atoms. The second-order valence-corrected chi connectivity index (χ2v) is 6.36. The molecule has 1 N–H and O–H groups in total. The normalized spacial score (nSPS) is 15.5. The number of halogens is 1. The van der Waals surface area contributed by atoms with Crippen molar-refractivity contribution < 1.29 is 0 Å². The maximum atomic E-state index is 12.3. The first-order valence-electron chi connectivity index (χ1n) is 7.79. The lowest BCUT2D eigenvalue weighted by molar-refractivity contribution is 0.327. The van der Waals surface area contributed by atoms with E-state index in [1.807, 2.05) is 30.5 Å². The Labute approximate surface area is 138 Å². The van der Waals surface area contributed by atoms with Crippen molar-refractivity contribution in [1.82, 2.24) is 19.5 Å². The Hall–Kier alpha value is -2.11. The van der Waals surface area contributed by atoms with Gasteiger partial charge in [-0.2, -0.15) is 0 Å². The van der Waals surface area contributed by atoms with Gasteiger partial charge in [-0.1, -0.05) is 23.7 Å². The topological polar surface area (TPSA) is 53.4 Å². The molecule has 5 nitrogen and oxygen atoms in total. The highest BCUT2D eigenvalue weighted by molar-refractivity contribution is 6.30. The average molecular weight is 329 g/mol. The van der Waals surface area contributed by atoms with E-state index in [-0.39, 0.29) is 5.56 Å². The summed E-state index contributed by atoms with van der Waals surface area (Å²) >= 11 is 5.95. The van der Waals surface area contributed by atoms with Crippen molar-refractivity contribution in [2.24, 2.45) is 0 Å². The summed E-state index contributed by atoms with van der Waals surface area (Å²) in [6.07, 6.45) is 4.26. The number of hydrogen-bond donors (Lipinski definition) is 1. The molecular formula is C17H17ClN4O. The molecule has 0 radical (unpaired) electrons. The summed E-state index contributed by atoms with van der Waals surface area (Å²) in [5.74, 6) is 0. The van der Waals surface area contributed by atoms with E-state index < -0.39 is 0 Å². The monoisotopic (exact) mass is 328 g/mol. The molecule has 0 saturated carbocycles. The van der Waals surface area contributed by atoms with Crippen molar-refractivity contribution in [2.75, 3.05) is 13.1 Å². The van der Waals surface area contributed by atoms with Crippen LogP contribution in [0.3, 0.4) is 0 Å². The van der Waals surface area contributed by atoms with Crippen molar-refractivity contribution in [1.29, 1.82) is 0 Å². The summed E-state index contributed by atoms with van der Waals surface area (Å²) in [6.45, 7) is 2.90. The number of rotatable bonds is 3. The number of H-pyrrole nitrogens is 1. The minimum atomic E-state index is -0.0792. The van der Waals surface area contributed by atoms with Crippen LogP contribution in [0.5, 0.6) is 0 Å².